The lowest BCUT2D eigenvalue weighted by atomic mass is 10.1. The topological polar surface area (TPSA) is 38.3 Å². The Morgan fingerprint density at radius 2 is 2.19 bits per heavy atom. The molecule has 0 aliphatic heterocycles. The Morgan fingerprint density at radius 3 is 3.05 bits per heavy atom. The number of hydrogen-bond acceptors (Lipinski definition) is 2. The molecular weight excluding hydrogens is 262 g/mol. The van der Waals surface area contributed by atoms with Gasteiger partial charge < -0.3 is 10.1 Å². The van der Waals surface area contributed by atoms with Gasteiger partial charge in [0.25, 0.3) is 5.91 Å². The summed E-state index contributed by atoms with van der Waals surface area (Å²) < 4.78 is 5.19. The highest BCUT2D eigenvalue weighted by Gasteiger charge is 2.35. The fourth-order valence-electron chi connectivity index (χ4n) is 2.89. The number of fused-ring (bicyclic) bond motifs is 2. The van der Waals surface area contributed by atoms with Crippen LogP contribution in [0.15, 0.2) is 70.4 Å². The predicted octanol–water partition coefficient (Wildman–Crippen LogP) is 2.82. The predicted molar refractivity (Wildman–Crippen MR) is 80.7 cm³/mol. The molecule has 3 aliphatic rings. The molecule has 0 heterocycles. The molecule has 0 spiro atoms. The molecule has 0 saturated heterocycles. The summed E-state index contributed by atoms with van der Waals surface area (Å²) in [6.45, 7) is 0.503. The second-order valence-corrected chi connectivity index (χ2v) is 5.43. The second kappa shape index (κ2) is 4.48. The van der Waals surface area contributed by atoms with Crippen molar-refractivity contribution in [2.24, 2.45) is 0 Å². The van der Waals surface area contributed by atoms with Crippen molar-refractivity contribution in [3.8, 4) is 5.75 Å². The number of methoxy groups -OCH3 is 1. The van der Waals surface area contributed by atoms with Crippen LogP contribution in [0.5, 0.6) is 5.75 Å². The van der Waals surface area contributed by atoms with Gasteiger partial charge in [0.15, 0.2) is 0 Å². The van der Waals surface area contributed by atoms with Gasteiger partial charge in [-0.1, -0.05) is 18.2 Å². The molecular formula is C18H15NO2. The average molecular weight is 277 g/mol. The van der Waals surface area contributed by atoms with Gasteiger partial charge in [0.1, 0.15) is 5.75 Å². The lowest BCUT2D eigenvalue weighted by Gasteiger charge is -2.08. The van der Waals surface area contributed by atoms with Crippen LogP contribution in [0, 0.1) is 0 Å². The number of amides is 1. The van der Waals surface area contributed by atoms with Crippen molar-refractivity contribution in [3.05, 3.63) is 75.9 Å². The number of carbonyl (C=O) groups excluding carboxylic acids is 1. The van der Waals surface area contributed by atoms with Crippen molar-refractivity contribution < 1.29 is 9.53 Å². The molecule has 0 aromatic heterocycles. The van der Waals surface area contributed by atoms with E-state index in [4.69, 9.17) is 4.74 Å². The third kappa shape index (κ3) is 2.02. The van der Waals surface area contributed by atoms with E-state index in [1.165, 1.54) is 16.7 Å². The van der Waals surface area contributed by atoms with Crippen LogP contribution in [-0.2, 0) is 11.3 Å². The number of hydrogen-bond donors (Lipinski definition) is 1. The van der Waals surface area contributed by atoms with Crippen molar-refractivity contribution in [3.63, 3.8) is 0 Å². The summed E-state index contributed by atoms with van der Waals surface area (Å²) >= 11 is 0. The first-order valence-electron chi connectivity index (χ1n) is 7.04. The van der Waals surface area contributed by atoms with Crippen LogP contribution in [0.3, 0.4) is 0 Å². The van der Waals surface area contributed by atoms with E-state index in [1.54, 1.807) is 7.11 Å². The first-order chi connectivity index (χ1) is 10.3. The highest BCUT2D eigenvalue weighted by atomic mass is 16.5. The number of ether oxygens (including phenoxy) is 1. The molecule has 1 N–H and O–H groups in total. The molecule has 0 radical (unpaired) electrons. The SMILES string of the molecule is COc1cccc(CNC(=O)C2=C3C=C4CC4=C3C=C2)c1. The number of allylic oxidation sites excluding steroid dienone is 6. The molecule has 104 valence electrons. The molecule has 3 aliphatic carbocycles. The maximum absolute atomic E-state index is 12.3. The van der Waals surface area contributed by atoms with Gasteiger partial charge in [-0.05, 0) is 58.6 Å². The van der Waals surface area contributed by atoms with Crippen molar-refractivity contribution in [1.29, 1.82) is 0 Å². The molecule has 3 nitrogen and oxygen atoms in total. The van der Waals surface area contributed by atoms with Crippen LogP contribution in [0.2, 0.25) is 0 Å². The summed E-state index contributed by atoms with van der Waals surface area (Å²) in [5, 5.41) is 2.98. The van der Waals surface area contributed by atoms with E-state index in [-0.39, 0.29) is 5.91 Å². The molecule has 0 atom stereocenters. The normalized spacial score (nSPS) is 17.7. The Bertz CT molecular complexity index is 778. The highest BCUT2D eigenvalue weighted by Crippen LogP contribution is 2.51. The molecule has 1 fully saturated rings. The summed E-state index contributed by atoms with van der Waals surface area (Å²) in [6.07, 6.45) is 7.22. The zero-order valence-electron chi connectivity index (χ0n) is 11.8. The number of nitrogens with one attached hydrogen (secondary N) is 1. The number of rotatable bonds is 4. The first-order valence-corrected chi connectivity index (χ1v) is 7.04. The van der Waals surface area contributed by atoms with E-state index in [9.17, 15) is 4.79 Å². The molecule has 1 saturated carbocycles. The molecule has 0 bridgehead atoms. The maximum Gasteiger partial charge on any atom is 0.252 e. The van der Waals surface area contributed by atoms with Crippen LogP contribution in [-0.4, -0.2) is 13.0 Å². The van der Waals surface area contributed by atoms with Gasteiger partial charge >= 0.3 is 0 Å². The van der Waals surface area contributed by atoms with Crippen LogP contribution >= 0.6 is 0 Å². The van der Waals surface area contributed by atoms with E-state index in [0.29, 0.717) is 6.54 Å². The lowest BCUT2D eigenvalue weighted by Crippen LogP contribution is -2.24. The quantitative estimate of drug-likeness (QED) is 0.919. The minimum atomic E-state index is -0.0159. The monoisotopic (exact) mass is 277 g/mol. The van der Waals surface area contributed by atoms with E-state index in [2.05, 4.69) is 17.5 Å². The van der Waals surface area contributed by atoms with Gasteiger partial charge in [-0.15, -0.1) is 0 Å². The average Bonchev–Trinajstić information content (AvgIpc) is 3.00. The third-order valence-corrected chi connectivity index (χ3v) is 4.10. The summed E-state index contributed by atoms with van der Waals surface area (Å²) in [5.41, 5.74) is 6.95. The molecule has 0 unspecified atom stereocenters. The van der Waals surface area contributed by atoms with Gasteiger partial charge in [-0.3, -0.25) is 4.79 Å². The molecule has 3 heteroatoms. The van der Waals surface area contributed by atoms with E-state index >= 15 is 0 Å². The zero-order valence-corrected chi connectivity index (χ0v) is 11.8. The van der Waals surface area contributed by atoms with E-state index in [1.807, 2.05) is 30.3 Å². The van der Waals surface area contributed by atoms with Crippen molar-refractivity contribution in [2.45, 2.75) is 13.0 Å². The smallest absolute Gasteiger partial charge is 0.252 e. The largest absolute Gasteiger partial charge is 0.497 e. The van der Waals surface area contributed by atoms with Crippen molar-refractivity contribution in [2.75, 3.05) is 7.11 Å². The van der Waals surface area contributed by atoms with Crippen LogP contribution < -0.4 is 10.1 Å². The third-order valence-electron chi connectivity index (χ3n) is 4.10. The second-order valence-electron chi connectivity index (χ2n) is 5.43. The molecule has 1 aromatic rings. The van der Waals surface area contributed by atoms with Crippen LogP contribution in [0.25, 0.3) is 0 Å². The Balaban J connectivity index is 1.48. The van der Waals surface area contributed by atoms with Gasteiger partial charge in [0.2, 0.25) is 0 Å². The van der Waals surface area contributed by atoms with Crippen LogP contribution in [0.1, 0.15) is 12.0 Å². The fourth-order valence-corrected chi connectivity index (χ4v) is 2.89. The number of benzene rings is 1. The molecule has 1 aromatic carbocycles. The van der Waals surface area contributed by atoms with Gasteiger partial charge in [0, 0.05) is 12.1 Å². The van der Waals surface area contributed by atoms with Crippen molar-refractivity contribution in [1.82, 2.24) is 5.32 Å². The van der Waals surface area contributed by atoms with E-state index in [0.717, 1.165) is 28.9 Å². The minimum absolute atomic E-state index is 0.0159. The van der Waals surface area contributed by atoms with Crippen LogP contribution in [0.4, 0.5) is 0 Å². The maximum atomic E-state index is 12.3. The Morgan fingerprint density at radius 1 is 1.29 bits per heavy atom. The minimum Gasteiger partial charge on any atom is -0.497 e. The highest BCUT2D eigenvalue weighted by molar-refractivity contribution is 6.01. The van der Waals surface area contributed by atoms with Gasteiger partial charge in [0.05, 0.1) is 7.11 Å². The number of carbonyl (C=O) groups is 1. The first kappa shape index (κ1) is 12.2. The molecule has 1 amide bonds. The summed E-state index contributed by atoms with van der Waals surface area (Å²) in [7, 11) is 1.64. The Hall–Kier alpha value is -2.55. The fraction of sp³-hybridized carbons (Fsp3) is 0.167. The molecule has 21 heavy (non-hydrogen) atoms. The standard InChI is InChI=1S/C18H15NO2/c1-21-13-4-2-3-11(7-13)10-19-18(20)15-6-5-14-16-8-12(16)9-17(14)15/h2-7,9H,8,10H2,1H3,(H,19,20). The Kier molecular flexibility index (Phi) is 2.61. The summed E-state index contributed by atoms with van der Waals surface area (Å²) in [6, 6.07) is 7.73. The van der Waals surface area contributed by atoms with E-state index < -0.39 is 0 Å². The van der Waals surface area contributed by atoms with Gasteiger partial charge in [-0.25, -0.2) is 0 Å². The summed E-state index contributed by atoms with van der Waals surface area (Å²) in [5.74, 6) is 0.787. The van der Waals surface area contributed by atoms with Crippen molar-refractivity contribution >= 4 is 5.91 Å². The van der Waals surface area contributed by atoms with Gasteiger partial charge in [-0.2, -0.15) is 0 Å². The lowest BCUT2D eigenvalue weighted by molar-refractivity contribution is -0.117. The Labute approximate surface area is 123 Å². The molecule has 4 rings (SSSR count). The summed E-state index contributed by atoms with van der Waals surface area (Å²) in [4.78, 5) is 12.3. The zero-order chi connectivity index (χ0) is 14.4.